The molecule has 0 bridgehead atoms. The summed E-state index contributed by atoms with van der Waals surface area (Å²) in [7, 11) is 0. The van der Waals surface area contributed by atoms with Gasteiger partial charge in [-0.25, -0.2) is 4.98 Å². The zero-order valence-corrected chi connectivity index (χ0v) is 9.63. The molecule has 0 aromatic carbocycles. The van der Waals surface area contributed by atoms with E-state index >= 15 is 0 Å². The lowest BCUT2D eigenvalue weighted by molar-refractivity contribution is 1.06. The quantitative estimate of drug-likeness (QED) is 0.748. The third kappa shape index (κ3) is 1.63. The third-order valence-electron chi connectivity index (χ3n) is 2.16. The van der Waals surface area contributed by atoms with Gasteiger partial charge >= 0.3 is 0 Å². The number of nitrogens with one attached hydrogen (secondary N) is 1. The van der Waals surface area contributed by atoms with Crippen LogP contribution in [0.3, 0.4) is 0 Å². The molecule has 0 amide bonds. The number of H-pyrrole nitrogens is 1. The van der Waals surface area contributed by atoms with Crippen LogP contribution in [-0.4, -0.2) is 9.97 Å². The number of hydrogen-bond donors (Lipinski definition) is 1. The second-order valence-electron chi connectivity index (χ2n) is 3.12. The Morgan fingerprint density at radius 1 is 1.43 bits per heavy atom. The molecule has 0 unspecified atom stereocenters. The fourth-order valence-corrected chi connectivity index (χ4v) is 2.09. The van der Waals surface area contributed by atoms with Crippen LogP contribution in [0.5, 0.6) is 0 Å². The average molecular weight is 222 g/mol. The Balaban J connectivity index is 2.63. The van der Waals surface area contributed by atoms with Crippen LogP contribution in [-0.2, 0) is 0 Å². The first-order chi connectivity index (χ1) is 6.68. The highest BCUT2D eigenvalue weighted by atomic mass is 32.1. The zero-order chi connectivity index (χ0) is 10.1. The molecule has 2 rings (SSSR count). The zero-order valence-electron chi connectivity index (χ0n) is 8.00. The van der Waals surface area contributed by atoms with E-state index in [0.29, 0.717) is 4.64 Å². The normalized spacial score (nSPS) is 10.4. The average Bonchev–Trinajstić information content (AvgIpc) is 2.66. The van der Waals surface area contributed by atoms with Gasteiger partial charge in [0.05, 0.1) is 4.88 Å². The SMILES string of the molecule is Cc1[nH]c(-c2cccs2)nc(=S)c1C. The highest BCUT2D eigenvalue weighted by molar-refractivity contribution is 7.71. The van der Waals surface area contributed by atoms with Crippen LogP contribution in [0, 0.1) is 18.5 Å². The largest absolute Gasteiger partial charge is 0.342 e. The molecule has 2 aromatic heterocycles. The van der Waals surface area contributed by atoms with Gasteiger partial charge in [0.15, 0.2) is 0 Å². The Hall–Kier alpha value is -1.00. The lowest BCUT2D eigenvalue weighted by Crippen LogP contribution is -1.94. The number of aromatic nitrogens is 2. The molecule has 0 saturated carbocycles. The molecule has 14 heavy (non-hydrogen) atoms. The van der Waals surface area contributed by atoms with Crippen LogP contribution in [0.25, 0.3) is 10.7 Å². The summed E-state index contributed by atoms with van der Waals surface area (Å²) in [4.78, 5) is 8.72. The third-order valence-corrected chi connectivity index (χ3v) is 3.43. The van der Waals surface area contributed by atoms with Gasteiger partial charge in [0.1, 0.15) is 10.5 Å². The van der Waals surface area contributed by atoms with Crippen molar-refractivity contribution in [1.29, 1.82) is 0 Å². The van der Waals surface area contributed by atoms with Crippen LogP contribution < -0.4 is 0 Å². The number of aryl methyl sites for hydroxylation is 1. The summed E-state index contributed by atoms with van der Waals surface area (Å²) >= 11 is 6.83. The summed E-state index contributed by atoms with van der Waals surface area (Å²) in [5.41, 5.74) is 2.15. The molecule has 0 aliphatic carbocycles. The van der Waals surface area contributed by atoms with Crippen molar-refractivity contribution in [2.75, 3.05) is 0 Å². The molecule has 2 nitrogen and oxygen atoms in total. The standard InChI is InChI=1S/C10H10N2S2/c1-6-7(2)11-9(12-10(6)13)8-4-3-5-14-8/h3-5H,1-2H3,(H,11,12,13). The number of hydrogen-bond acceptors (Lipinski definition) is 3. The van der Waals surface area contributed by atoms with Crippen molar-refractivity contribution in [1.82, 2.24) is 9.97 Å². The summed E-state index contributed by atoms with van der Waals surface area (Å²) in [5.74, 6) is 0.869. The lowest BCUT2D eigenvalue weighted by atomic mass is 10.3. The van der Waals surface area contributed by atoms with Crippen molar-refractivity contribution in [2.45, 2.75) is 13.8 Å². The van der Waals surface area contributed by atoms with Gasteiger partial charge in [-0.15, -0.1) is 11.3 Å². The van der Waals surface area contributed by atoms with Gasteiger partial charge in [-0.1, -0.05) is 18.3 Å². The lowest BCUT2D eigenvalue weighted by Gasteiger charge is -2.03. The molecule has 1 N–H and O–H groups in total. The summed E-state index contributed by atoms with van der Waals surface area (Å²) in [5, 5.41) is 2.03. The van der Waals surface area contributed by atoms with Crippen LogP contribution in [0.2, 0.25) is 0 Å². The van der Waals surface area contributed by atoms with Gasteiger partial charge in [-0.2, -0.15) is 0 Å². The number of nitrogens with zero attached hydrogens (tertiary/aromatic N) is 1. The second-order valence-corrected chi connectivity index (χ2v) is 4.45. The minimum atomic E-state index is 0.685. The predicted molar refractivity (Wildman–Crippen MR) is 62.2 cm³/mol. The monoisotopic (exact) mass is 222 g/mol. The van der Waals surface area contributed by atoms with Gasteiger partial charge < -0.3 is 4.98 Å². The van der Waals surface area contributed by atoms with E-state index in [0.717, 1.165) is 22.0 Å². The summed E-state index contributed by atoms with van der Waals surface area (Å²) in [6, 6.07) is 4.04. The molecule has 0 aliphatic rings. The van der Waals surface area contributed by atoms with Crippen LogP contribution >= 0.6 is 23.6 Å². The molecular weight excluding hydrogens is 212 g/mol. The first-order valence-corrected chi connectivity index (χ1v) is 5.58. The molecule has 2 heterocycles. The van der Waals surface area contributed by atoms with Crippen molar-refractivity contribution >= 4 is 23.6 Å². The summed E-state index contributed by atoms with van der Waals surface area (Å²) < 4.78 is 0.685. The molecule has 0 aliphatic heterocycles. The molecule has 0 saturated heterocycles. The van der Waals surface area contributed by atoms with Crippen molar-refractivity contribution < 1.29 is 0 Å². The maximum absolute atomic E-state index is 5.18. The predicted octanol–water partition coefficient (Wildman–Crippen LogP) is 3.48. The first kappa shape index (κ1) is 9.55. The Morgan fingerprint density at radius 3 is 2.79 bits per heavy atom. The molecule has 2 aromatic rings. The summed E-state index contributed by atoms with van der Waals surface area (Å²) in [6.45, 7) is 4.00. The van der Waals surface area contributed by atoms with E-state index in [-0.39, 0.29) is 0 Å². The molecule has 72 valence electrons. The minimum absolute atomic E-state index is 0.685. The van der Waals surface area contributed by atoms with E-state index in [4.69, 9.17) is 12.2 Å². The van der Waals surface area contributed by atoms with Crippen molar-refractivity contribution in [3.63, 3.8) is 0 Å². The maximum Gasteiger partial charge on any atom is 0.149 e. The van der Waals surface area contributed by atoms with Crippen molar-refractivity contribution in [3.8, 4) is 10.7 Å². The van der Waals surface area contributed by atoms with Gasteiger partial charge in [-0.3, -0.25) is 0 Å². The number of aromatic amines is 1. The van der Waals surface area contributed by atoms with E-state index in [9.17, 15) is 0 Å². The minimum Gasteiger partial charge on any atom is -0.342 e. The highest BCUT2D eigenvalue weighted by Crippen LogP contribution is 2.21. The van der Waals surface area contributed by atoms with E-state index in [2.05, 4.69) is 9.97 Å². The number of thiophene rings is 1. The molecule has 0 spiro atoms. The maximum atomic E-state index is 5.18. The Morgan fingerprint density at radius 2 is 2.21 bits per heavy atom. The van der Waals surface area contributed by atoms with E-state index in [1.165, 1.54) is 0 Å². The van der Waals surface area contributed by atoms with E-state index in [1.54, 1.807) is 11.3 Å². The van der Waals surface area contributed by atoms with Gasteiger partial charge in [0.2, 0.25) is 0 Å². The molecule has 0 atom stereocenters. The van der Waals surface area contributed by atoms with Crippen LogP contribution in [0.4, 0.5) is 0 Å². The topological polar surface area (TPSA) is 28.7 Å². The molecule has 4 heteroatoms. The van der Waals surface area contributed by atoms with Gasteiger partial charge in [0.25, 0.3) is 0 Å². The smallest absolute Gasteiger partial charge is 0.149 e. The highest BCUT2D eigenvalue weighted by Gasteiger charge is 2.03. The van der Waals surface area contributed by atoms with Crippen LogP contribution in [0.15, 0.2) is 17.5 Å². The van der Waals surface area contributed by atoms with E-state index < -0.39 is 0 Å². The van der Waals surface area contributed by atoms with Crippen molar-refractivity contribution in [3.05, 3.63) is 33.4 Å². The van der Waals surface area contributed by atoms with Crippen LogP contribution in [0.1, 0.15) is 11.3 Å². The first-order valence-electron chi connectivity index (χ1n) is 4.30. The number of rotatable bonds is 1. The Labute approximate surface area is 91.7 Å². The fraction of sp³-hybridized carbons (Fsp3) is 0.200. The van der Waals surface area contributed by atoms with E-state index in [1.807, 2.05) is 31.4 Å². The Bertz CT molecular complexity index is 497. The molecule has 0 radical (unpaired) electrons. The molecule has 0 fully saturated rings. The molecular formula is C10H10N2S2. The van der Waals surface area contributed by atoms with Crippen molar-refractivity contribution in [2.24, 2.45) is 0 Å². The van der Waals surface area contributed by atoms with Gasteiger partial charge in [-0.05, 0) is 25.3 Å². The summed E-state index contributed by atoms with van der Waals surface area (Å²) in [6.07, 6.45) is 0. The fourth-order valence-electron chi connectivity index (χ4n) is 1.18. The van der Waals surface area contributed by atoms with Gasteiger partial charge in [0, 0.05) is 11.3 Å². The second kappa shape index (κ2) is 3.63. The Kier molecular flexibility index (Phi) is 2.48.